The molecule has 54 valence electrons. The van der Waals surface area contributed by atoms with Crippen molar-refractivity contribution in [1.29, 1.82) is 0 Å². The van der Waals surface area contributed by atoms with E-state index >= 15 is 0 Å². The van der Waals surface area contributed by atoms with Gasteiger partial charge in [-0.3, -0.25) is 0 Å². The minimum absolute atomic E-state index is 0.821. The highest BCUT2D eigenvalue weighted by atomic mass is 15.1. The highest BCUT2D eigenvalue weighted by Gasteiger charge is 2.18. The molecule has 1 unspecified atom stereocenters. The first-order chi connectivity index (χ1) is 4.20. The summed E-state index contributed by atoms with van der Waals surface area (Å²) in [6.45, 7) is 5.94. The Morgan fingerprint density at radius 2 is 1.89 bits per heavy atom. The number of nitrogens with zero attached hydrogens (tertiary/aromatic N) is 1. The maximum Gasteiger partial charge on any atom is 0.00641 e. The summed E-state index contributed by atoms with van der Waals surface area (Å²) >= 11 is 0. The van der Waals surface area contributed by atoms with Crippen LogP contribution in [0.5, 0.6) is 0 Å². The van der Waals surface area contributed by atoms with Gasteiger partial charge >= 0.3 is 0 Å². The normalized spacial score (nSPS) is 39.0. The van der Waals surface area contributed by atoms with Crippen molar-refractivity contribution in [2.75, 3.05) is 13.6 Å². The molecule has 1 rings (SSSR count). The van der Waals surface area contributed by atoms with E-state index in [0.29, 0.717) is 0 Å². The van der Waals surface area contributed by atoms with Gasteiger partial charge in [-0.15, -0.1) is 0 Å². The Morgan fingerprint density at radius 3 is 2.33 bits per heavy atom. The quantitative estimate of drug-likeness (QED) is 0.479. The lowest BCUT2D eigenvalue weighted by molar-refractivity contribution is 0.158. The predicted octanol–water partition coefficient (Wildman–Crippen LogP) is 1.74. The van der Waals surface area contributed by atoms with E-state index in [-0.39, 0.29) is 0 Å². The second-order valence-corrected chi connectivity index (χ2v) is 3.47. The fourth-order valence-corrected chi connectivity index (χ4v) is 1.51. The molecule has 1 heterocycles. The molecule has 0 bridgehead atoms. The Morgan fingerprint density at radius 1 is 1.22 bits per heavy atom. The minimum atomic E-state index is 0.821. The third-order valence-electron chi connectivity index (χ3n) is 2.43. The largest absolute Gasteiger partial charge is 0.303 e. The maximum absolute atomic E-state index is 2.45. The Hall–Kier alpha value is -0.0400. The summed E-state index contributed by atoms with van der Waals surface area (Å²) in [6.07, 6.45) is 2.81. The lowest BCUT2D eigenvalue weighted by Crippen LogP contribution is -2.37. The monoisotopic (exact) mass is 127 g/mol. The number of rotatable bonds is 0. The minimum Gasteiger partial charge on any atom is -0.303 e. The second-order valence-electron chi connectivity index (χ2n) is 3.47. The van der Waals surface area contributed by atoms with Gasteiger partial charge in [0.05, 0.1) is 0 Å². The Bertz CT molecular complexity index is 90.6. The first-order valence-corrected chi connectivity index (χ1v) is 3.90. The van der Waals surface area contributed by atoms with Crippen LogP contribution in [0.4, 0.5) is 0 Å². The topological polar surface area (TPSA) is 3.24 Å². The van der Waals surface area contributed by atoms with Crippen LogP contribution >= 0.6 is 0 Å². The fourth-order valence-electron chi connectivity index (χ4n) is 1.51. The van der Waals surface area contributed by atoms with Crippen LogP contribution in [-0.4, -0.2) is 24.5 Å². The zero-order valence-corrected chi connectivity index (χ0v) is 6.72. The Balaban J connectivity index is 2.35. The van der Waals surface area contributed by atoms with E-state index in [1.807, 2.05) is 0 Å². The van der Waals surface area contributed by atoms with Gasteiger partial charge in [0, 0.05) is 12.6 Å². The average Bonchev–Trinajstić information content (AvgIpc) is 1.80. The van der Waals surface area contributed by atoms with E-state index in [4.69, 9.17) is 0 Å². The van der Waals surface area contributed by atoms with Crippen LogP contribution in [0.15, 0.2) is 0 Å². The molecule has 1 aliphatic rings. The van der Waals surface area contributed by atoms with E-state index in [1.165, 1.54) is 19.4 Å². The van der Waals surface area contributed by atoms with Crippen molar-refractivity contribution in [3.8, 4) is 0 Å². The van der Waals surface area contributed by atoms with E-state index in [0.717, 1.165) is 12.0 Å². The van der Waals surface area contributed by atoms with E-state index in [1.54, 1.807) is 0 Å². The van der Waals surface area contributed by atoms with Crippen LogP contribution in [-0.2, 0) is 0 Å². The van der Waals surface area contributed by atoms with Crippen LogP contribution in [0.2, 0.25) is 0 Å². The van der Waals surface area contributed by atoms with Crippen molar-refractivity contribution in [3.63, 3.8) is 0 Å². The van der Waals surface area contributed by atoms with Crippen LogP contribution in [0.25, 0.3) is 0 Å². The van der Waals surface area contributed by atoms with Gasteiger partial charge in [0.15, 0.2) is 0 Å². The van der Waals surface area contributed by atoms with Gasteiger partial charge in [0.2, 0.25) is 0 Å². The summed E-state index contributed by atoms with van der Waals surface area (Å²) in [5.41, 5.74) is 0. The van der Waals surface area contributed by atoms with E-state index in [2.05, 4.69) is 25.8 Å². The Kier molecular flexibility index (Phi) is 2.12. The van der Waals surface area contributed by atoms with Gasteiger partial charge in [-0.2, -0.15) is 0 Å². The van der Waals surface area contributed by atoms with Gasteiger partial charge in [-0.25, -0.2) is 0 Å². The van der Waals surface area contributed by atoms with Crippen molar-refractivity contribution in [2.45, 2.75) is 32.7 Å². The molecule has 0 aromatic carbocycles. The second kappa shape index (κ2) is 2.70. The van der Waals surface area contributed by atoms with Crippen molar-refractivity contribution >= 4 is 0 Å². The molecule has 1 saturated heterocycles. The van der Waals surface area contributed by atoms with Crippen molar-refractivity contribution in [2.24, 2.45) is 5.92 Å². The molecule has 0 spiro atoms. The molecule has 2 atom stereocenters. The summed E-state index contributed by atoms with van der Waals surface area (Å²) in [5, 5.41) is 0. The summed E-state index contributed by atoms with van der Waals surface area (Å²) in [6, 6.07) is 0.821. The highest BCUT2D eigenvalue weighted by molar-refractivity contribution is 4.73. The molecule has 0 aliphatic carbocycles. The molecule has 1 heteroatoms. The highest BCUT2D eigenvalue weighted by Crippen LogP contribution is 2.18. The lowest BCUT2D eigenvalue weighted by atomic mass is 9.96. The van der Waals surface area contributed by atoms with E-state index in [9.17, 15) is 0 Å². The first-order valence-electron chi connectivity index (χ1n) is 3.90. The molecule has 1 nitrogen and oxygen atoms in total. The van der Waals surface area contributed by atoms with Crippen molar-refractivity contribution < 1.29 is 0 Å². The summed E-state index contributed by atoms with van der Waals surface area (Å²) < 4.78 is 0. The van der Waals surface area contributed by atoms with Gasteiger partial charge in [0.25, 0.3) is 0 Å². The molecule has 0 N–H and O–H groups in total. The van der Waals surface area contributed by atoms with Gasteiger partial charge in [-0.1, -0.05) is 6.92 Å². The lowest BCUT2D eigenvalue weighted by Gasteiger charge is -2.33. The van der Waals surface area contributed by atoms with Crippen LogP contribution < -0.4 is 0 Å². The molecule has 0 aromatic rings. The summed E-state index contributed by atoms with van der Waals surface area (Å²) in [4.78, 5) is 2.45. The zero-order valence-electron chi connectivity index (χ0n) is 6.72. The smallest absolute Gasteiger partial charge is 0.00641 e. The molecule has 0 amide bonds. The third kappa shape index (κ3) is 1.68. The number of hydrogen-bond donors (Lipinski definition) is 0. The van der Waals surface area contributed by atoms with Gasteiger partial charge in [0.1, 0.15) is 0 Å². The number of piperidine rings is 1. The number of hydrogen-bond acceptors (Lipinski definition) is 1. The molecule has 0 radical (unpaired) electrons. The van der Waals surface area contributed by atoms with Gasteiger partial charge < -0.3 is 4.90 Å². The standard InChI is InChI=1S/C8H17N/c1-7-4-5-8(2)9(3)6-7/h7-8H,4-6H2,1-3H3/t7?,8-/m1/s1. The number of likely N-dealkylation sites (tertiary alicyclic amines) is 1. The zero-order chi connectivity index (χ0) is 6.85. The van der Waals surface area contributed by atoms with E-state index < -0.39 is 0 Å². The fraction of sp³-hybridized carbons (Fsp3) is 1.00. The molecule has 1 fully saturated rings. The van der Waals surface area contributed by atoms with Crippen molar-refractivity contribution in [1.82, 2.24) is 4.90 Å². The van der Waals surface area contributed by atoms with Crippen LogP contribution in [0, 0.1) is 5.92 Å². The SMILES string of the molecule is CC1CC[C@@H](C)N(C)C1. The molecule has 1 aliphatic heterocycles. The summed E-state index contributed by atoms with van der Waals surface area (Å²) in [7, 11) is 2.22. The molecular formula is C8H17N. The predicted molar refractivity (Wildman–Crippen MR) is 40.5 cm³/mol. The first kappa shape index (κ1) is 7.07. The maximum atomic E-state index is 2.45. The molecular weight excluding hydrogens is 110 g/mol. The van der Waals surface area contributed by atoms with Gasteiger partial charge in [-0.05, 0) is 32.7 Å². The molecule has 9 heavy (non-hydrogen) atoms. The molecule has 0 saturated carbocycles. The third-order valence-corrected chi connectivity index (χ3v) is 2.43. The average molecular weight is 127 g/mol. The Labute approximate surface area is 58.0 Å². The summed E-state index contributed by atoms with van der Waals surface area (Å²) in [5.74, 6) is 0.922. The van der Waals surface area contributed by atoms with Crippen LogP contribution in [0.3, 0.4) is 0 Å². The molecule has 0 aromatic heterocycles. The van der Waals surface area contributed by atoms with Crippen LogP contribution in [0.1, 0.15) is 26.7 Å². The van der Waals surface area contributed by atoms with Crippen molar-refractivity contribution in [3.05, 3.63) is 0 Å².